The molecule has 2 fully saturated rings. The topological polar surface area (TPSA) is 71.5 Å². The summed E-state index contributed by atoms with van der Waals surface area (Å²) in [5, 5.41) is 5.65. The molecule has 1 N–H and O–H groups in total. The third-order valence-electron chi connectivity index (χ3n) is 4.39. The zero-order valence-corrected chi connectivity index (χ0v) is 13.0. The number of hydrogen-bond donors (Lipinski definition) is 1. The van der Waals surface area contributed by atoms with Gasteiger partial charge in [0.15, 0.2) is 0 Å². The summed E-state index contributed by atoms with van der Waals surface area (Å²) >= 11 is 1.49. The molecule has 0 bridgehead atoms. The van der Waals surface area contributed by atoms with Crippen molar-refractivity contribution >= 4 is 23.2 Å². The summed E-state index contributed by atoms with van der Waals surface area (Å²) in [4.78, 5) is 29.8. The van der Waals surface area contributed by atoms with Gasteiger partial charge in [-0.2, -0.15) is 0 Å². The van der Waals surface area contributed by atoms with Gasteiger partial charge in [0.25, 0.3) is 5.91 Å². The number of carbonyl (C=O) groups excluding carboxylic acids is 2. The van der Waals surface area contributed by atoms with E-state index in [9.17, 15) is 9.59 Å². The smallest absolute Gasteiger partial charge is 0.273 e. The van der Waals surface area contributed by atoms with Crippen LogP contribution < -0.4 is 5.32 Å². The van der Waals surface area contributed by atoms with Gasteiger partial charge in [0.05, 0.1) is 16.7 Å². The van der Waals surface area contributed by atoms with Crippen LogP contribution in [0.2, 0.25) is 0 Å². The van der Waals surface area contributed by atoms with E-state index < -0.39 is 0 Å². The van der Waals surface area contributed by atoms with Gasteiger partial charge in [0.2, 0.25) is 5.91 Å². The molecule has 2 amide bonds. The second-order valence-electron chi connectivity index (χ2n) is 5.69. The molecule has 2 aliphatic rings. The molecule has 0 radical (unpaired) electrons. The van der Waals surface area contributed by atoms with Gasteiger partial charge in [-0.05, 0) is 26.7 Å². The molecule has 1 aromatic heterocycles. The average molecular weight is 309 g/mol. The van der Waals surface area contributed by atoms with Crippen molar-refractivity contribution in [3.63, 3.8) is 0 Å². The molecular weight excluding hydrogens is 290 g/mol. The normalized spacial score (nSPS) is 25.0. The van der Waals surface area contributed by atoms with Gasteiger partial charge in [-0.1, -0.05) is 0 Å². The molecule has 6 nitrogen and oxygen atoms in total. The molecule has 114 valence electrons. The minimum atomic E-state index is -0.331. The standard InChI is InChI=1S/C14H19N3O3S/c1-9-14(20-7-12(18)15-9)3-5-17(6-4-14)13(19)11-8-21-10(2)16-11/h8-9H,3-7H2,1-2H3,(H,15,18). The number of ether oxygens (including phenoxy) is 1. The second kappa shape index (κ2) is 5.38. The van der Waals surface area contributed by atoms with Crippen molar-refractivity contribution in [2.24, 2.45) is 0 Å². The Morgan fingerprint density at radius 1 is 1.52 bits per heavy atom. The first-order valence-electron chi connectivity index (χ1n) is 7.15. The van der Waals surface area contributed by atoms with Crippen molar-refractivity contribution in [2.45, 2.75) is 38.3 Å². The summed E-state index contributed by atoms with van der Waals surface area (Å²) in [6.45, 7) is 5.25. The van der Waals surface area contributed by atoms with Crippen molar-refractivity contribution in [3.8, 4) is 0 Å². The number of hydrogen-bond acceptors (Lipinski definition) is 5. The Morgan fingerprint density at radius 3 is 2.81 bits per heavy atom. The lowest BCUT2D eigenvalue weighted by atomic mass is 9.83. The monoisotopic (exact) mass is 309 g/mol. The summed E-state index contributed by atoms with van der Waals surface area (Å²) in [6, 6.07) is -0.0162. The highest BCUT2D eigenvalue weighted by molar-refractivity contribution is 7.09. The van der Waals surface area contributed by atoms with Crippen LogP contribution in [0, 0.1) is 6.92 Å². The Morgan fingerprint density at radius 2 is 2.24 bits per heavy atom. The van der Waals surface area contributed by atoms with Gasteiger partial charge < -0.3 is 15.0 Å². The lowest BCUT2D eigenvalue weighted by molar-refractivity contribution is -0.158. The largest absolute Gasteiger partial charge is 0.363 e. The lowest BCUT2D eigenvalue weighted by Gasteiger charge is -2.47. The minimum Gasteiger partial charge on any atom is -0.363 e. The number of nitrogens with one attached hydrogen (secondary N) is 1. The van der Waals surface area contributed by atoms with Crippen LogP contribution in [0.4, 0.5) is 0 Å². The first-order chi connectivity index (χ1) is 10.00. The number of amides is 2. The maximum atomic E-state index is 12.4. The minimum absolute atomic E-state index is 0.0123. The summed E-state index contributed by atoms with van der Waals surface area (Å²) in [7, 11) is 0. The average Bonchev–Trinajstić information content (AvgIpc) is 2.90. The fourth-order valence-electron chi connectivity index (χ4n) is 3.04. The molecule has 21 heavy (non-hydrogen) atoms. The van der Waals surface area contributed by atoms with E-state index in [0.29, 0.717) is 18.8 Å². The van der Waals surface area contributed by atoms with Gasteiger partial charge in [-0.3, -0.25) is 9.59 Å². The predicted molar refractivity (Wildman–Crippen MR) is 78.3 cm³/mol. The molecule has 2 aliphatic heterocycles. The Kier molecular flexibility index (Phi) is 3.71. The molecule has 0 saturated carbocycles. The zero-order chi connectivity index (χ0) is 15.0. The van der Waals surface area contributed by atoms with Crippen LogP contribution in [0.1, 0.15) is 35.3 Å². The second-order valence-corrected chi connectivity index (χ2v) is 6.75. The van der Waals surface area contributed by atoms with E-state index in [1.807, 2.05) is 24.1 Å². The van der Waals surface area contributed by atoms with Crippen molar-refractivity contribution in [2.75, 3.05) is 19.7 Å². The molecule has 7 heteroatoms. The van der Waals surface area contributed by atoms with Crippen molar-refractivity contribution in [1.29, 1.82) is 0 Å². The molecule has 3 heterocycles. The van der Waals surface area contributed by atoms with Crippen molar-refractivity contribution in [1.82, 2.24) is 15.2 Å². The van der Waals surface area contributed by atoms with E-state index in [4.69, 9.17) is 4.74 Å². The predicted octanol–water partition coefficient (Wildman–Crippen LogP) is 0.961. The van der Waals surface area contributed by atoms with Crippen LogP contribution in [0.5, 0.6) is 0 Å². The number of morpholine rings is 1. The van der Waals surface area contributed by atoms with Crippen LogP contribution in [0.3, 0.4) is 0 Å². The van der Waals surface area contributed by atoms with Crippen LogP contribution in [0.15, 0.2) is 5.38 Å². The summed E-state index contributed by atoms with van der Waals surface area (Å²) < 4.78 is 5.81. The van der Waals surface area contributed by atoms with E-state index in [-0.39, 0.29) is 30.1 Å². The van der Waals surface area contributed by atoms with Gasteiger partial charge in [0.1, 0.15) is 12.3 Å². The van der Waals surface area contributed by atoms with Gasteiger partial charge in [-0.15, -0.1) is 11.3 Å². The Labute approximate surface area is 127 Å². The first kappa shape index (κ1) is 14.5. The van der Waals surface area contributed by atoms with Gasteiger partial charge in [0, 0.05) is 18.5 Å². The number of likely N-dealkylation sites (tertiary alicyclic amines) is 1. The summed E-state index contributed by atoms with van der Waals surface area (Å²) in [6.07, 6.45) is 1.48. The highest BCUT2D eigenvalue weighted by Gasteiger charge is 2.45. The van der Waals surface area contributed by atoms with Gasteiger partial charge >= 0.3 is 0 Å². The molecule has 1 atom stereocenters. The number of thiazole rings is 1. The maximum absolute atomic E-state index is 12.4. The molecule has 2 saturated heterocycles. The van der Waals surface area contributed by atoms with Crippen LogP contribution in [0.25, 0.3) is 0 Å². The molecule has 0 aromatic carbocycles. The summed E-state index contributed by atoms with van der Waals surface area (Å²) in [5.41, 5.74) is 0.197. The molecule has 3 rings (SSSR count). The molecule has 0 aliphatic carbocycles. The SMILES string of the molecule is Cc1nc(C(=O)N2CCC3(CC2)OCC(=O)NC3C)cs1. The van der Waals surface area contributed by atoms with E-state index in [0.717, 1.165) is 17.8 Å². The fraction of sp³-hybridized carbons (Fsp3) is 0.643. The first-order valence-corrected chi connectivity index (χ1v) is 8.03. The molecule has 1 unspecified atom stereocenters. The van der Waals surface area contributed by atoms with Crippen molar-refractivity contribution in [3.05, 3.63) is 16.1 Å². The Hall–Kier alpha value is -1.47. The van der Waals surface area contributed by atoms with Crippen LogP contribution >= 0.6 is 11.3 Å². The number of nitrogens with zero attached hydrogens (tertiary/aromatic N) is 2. The zero-order valence-electron chi connectivity index (χ0n) is 12.2. The third kappa shape index (κ3) is 2.67. The van der Waals surface area contributed by atoms with Crippen LogP contribution in [-0.4, -0.2) is 53.0 Å². The maximum Gasteiger partial charge on any atom is 0.273 e. The highest BCUT2D eigenvalue weighted by atomic mass is 32.1. The summed E-state index contributed by atoms with van der Waals surface area (Å²) in [5.74, 6) is -0.0775. The molecular formula is C14H19N3O3S. The van der Waals surface area contributed by atoms with E-state index >= 15 is 0 Å². The van der Waals surface area contributed by atoms with E-state index in [1.165, 1.54) is 11.3 Å². The number of aryl methyl sites for hydroxylation is 1. The number of rotatable bonds is 1. The van der Waals surface area contributed by atoms with Gasteiger partial charge in [-0.25, -0.2) is 4.98 Å². The van der Waals surface area contributed by atoms with E-state index in [1.54, 1.807) is 0 Å². The van der Waals surface area contributed by atoms with Crippen molar-refractivity contribution < 1.29 is 14.3 Å². The number of carbonyl (C=O) groups is 2. The molecule has 1 spiro atoms. The fourth-order valence-corrected chi connectivity index (χ4v) is 3.63. The lowest BCUT2D eigenvalue weighted by Crippen LogP contribution is -2.63. The highest BCUT2D eigenvalue weighted by Crippen LogP contribution is 2.32. The Bertz CT molecular complexity index is 564. The van der Waals surface area contributed by atoms with Crippen LogP contribution in [-0.2, 0) is 9.53 Å². The Balaban J connectivity index is 1.65. The molecule has 1 aromatic rings. The number of piperidine rings is 1. The van der Waals surface area contributed by atoms with E-state index in [2.05, 4.69) is 10.3 Å². The quantitative estimate of drug-likeness (QED) is 0.839. The number of aromatic nitrogens is 1. The third-order valence-corrected chi connectivity index (χ3v) is 5.17.